The predicted molar refractivity (Wildman–Crippen MR) is 115 cm³/mol. The van der Waals surface area contributed by atoms with Crippen molar-refractivity contribution in [3.63, 3.8) is 0 Å². The van der Waals surface area contributed by atoms with Gasteiger partial charge in [0.25, 0.3) is 0 Å². The quantitative estimate of drug-likeness (QED) is 0.477. The topological polar surface area (TPSA) is 12.9 Å². The molecule has 27 heavy (non-hydrogen) atoms. The molecule has 1 aliphatic rings. The molecular weight excluding hydrogens is 326 g/mol. The lowest BCUT2D eigenvalue weighted by molar-refractivity contribution is 0.443. The Bertz CT molecular complexity index is 948. The molecule has 1 aromatic heterocycles. The third-order valence-corrected chi connectivity index (χ3v) is 6.14. The van der Waals surface area contributed by atoms with E-state index in [1.807, 2.05) is 6.20 Å². The van der Waals surface area contributed by atoms with Gasteiger partial charge in [0.2, 0.25) is 0 Å². The van der Waals surface area contributed by atoms with Crippen LogP contribution in [0.5, 0.6) is 0 Å². The molecular formula is C26H29N. The van der Waals surface area contributed by atoms with E-state index in [4.69, 9.17) is 4.98 Å². The summed E-state index contributed by atoms with van der Waals surface area (Å²) in [5.74, 6) is 0.710. The summed E-state index contributed by atoms with van der Waals surface area (Å²) in [6, 6.07) is 17.9. The van der Waals surface area contributed by atoms with Crippen molar-refractivity contribution >= 4 is 0 Å². The lowest BCUT2D eigenvalue weighted by Crippen LogP contribution is -2.05. The Morgan fingerprint density at radius 2 is 1.44 bits per heavy atom. The van der Waals surface area contributed by atoms with E-state index in [9.17, 15) is 0 Å². The monoisotopic (exact) mass is 355 g/mol. The zero-order valence-electron chi connectivity index (χ0n) is 16.8. The highest BCUT2D eigenvalue weighted by Gasteiger charge is 2.17. The summed E-state index contributed by atoms with van der Waals surface area (Å²) in [6.45, 7) is 6.61. The van der Waals surface area contributed by atoms with Gasteiger partial charge >= 0.3 is 0 Å². The van der Waals surface area contributed by atoms with E-state index in [2.05, 4.69) is 69.3 Å². The molecule has 3 aromatic rings. The second-order valence-corrected chi connectivity index (χ2v) is 8.11. The minimum Gasteiger partial charge on any atom is -0.256 e. The van der Waals surface area contributed by atoms with Gasteiger partial charge in [-0.1, -0.05) is 49.6 Å². The van der Waals surface area contributed by atoms with Crippen LogP contribution < -0.4 is 0 Å². The molecule has 0 saturated heterocycles. The van der Waals surface area contributed by atoms with Crippen LogP contribution in [0.25, 0.3) is 22.4 Å². The molecule has 1 heterocycles. The van der Waals surface area contributed by atoms with E-state index in [1.165, 1.54) is 71.0 Å². The highest BCUT2D eigenvalue weighted by Crippen LogP contribution is 2.36. The Hall–Kier alpha value is -2.41. The zero-order chi connectivity index (χ0) is 18.8. The summed E-state index contributed by atoms with van der Waals surface area (Å²) in [4.78, 5) is 4.75. The fourth-order valence-corrected chi connectivity index (χ4v) is 4.58. The molecule has 0 radical (unpaired) electrons. The smallest absolute Gasteiger partial charge is 0.0707 e. The summed E-state index contributed by atoms with van der Waals surface area (Å²) in [6.07, 6.45) is 8.78. The highest BCUT2D eigenvalue weighted by molar-refractivity contribution is 5.78. The van der Waals surface area contributed by atoms with Crippen molar-refractivity contribution < 1.29 is 0 Å². The first kappa shape index (κ1) is 18.0. The maximum atomic E-state index is 4.75. The van der Waals surface area contributed by atoms with E-state index in [1.54, 1.807) is 0 Å². The molecule has 1 heteroatoms. The Kier molecular flexibility index (Phi) is 5.11. The first-order chi connectivity index (χ1) is 13.1. The number of pyridine rings is 1. The molecule has 1 aliphatic carbocycles. The zero-order valence-corrected chi connectivity index (χ0v) is 16.8. The third-order valence-electron chi connectivity index (χ3n) is 6.14. The van der Waals surface area contributed by atoms with Gasteiger partial charge in [-0.2, -0.15) is 0 Å². The fraction of sp³-hybridized carbons (Fsp3) is 0.346. The molecule has 1 saturated carbocycles. The van der Waals surface area contributed by atoms with Gasteiger partial charge in [0.15, 0.2) is 0 Å². The lowest BCUT2D eigenvalue weighted by Gasteiger charge is -2.22. The summed E-state index contributed by atoms with van der Waals surface area (Å²) >= 11 is 0. The van der Waals surface area contributed by atoms with Crippen LogP contribution in [-0.4, -0.2) is 4.98 Å². The van der Waals surface area contributed by atoms with E-state index in [-0.39, 0.29) is 0 Å². The van der Waals surface area contributed by atoms with Gasteiger partial charge in [0.05, 0.1) is 5.69 Å². The largest absolute Gasteiger partial charge is 0.256 e. The molecule has 0 amide bonds. The van der Waals surface area contributed by atoms with E-state index in [0.29, 0.717) is 5.92 Å². The first-order valence-electron chi connectivity index (χ1n) is 10.3. The average Bonchev–Trinajstić information content (AvgIpc) is 2.70. The Morgan fingerprint density at radius 1 is 0.704 bits per heavy atom. The van der Waals surface area contributed by atoms with Crippen LogP contribution in [0, 0.1) is 20.8 Å². The SMILES string of the molecule is Cc1cc(C)c(-c2ccccc2C)cc1-c1cc(C2CCCCC2)ccn1. The standard InChI is InChI=1S/C26H29N/c1-18-9-7-8-12-23(18)24-17-25(20(3)15-19(24)2)26-16-22(13-14-27-26)21-10-5-4-6-11-21/h7-9,12-17,21H,4-6,10-11H2,1-3H3. The van der Waals surface area contributed by atoms with Crippen LogP contribution in [0.1, 0.15) is 60.3 Å². The minimum atomic E-state index is 0.710. The van der Waals surface area contributed by atoms with Crippen LogP contribution in [0.3, 0.4) is 0 Å². The van der Waals surface area contributed by atoms with Crippen molar-refractivity contribution in [3.05, 3.63) is 77.0 Å². The summed E-state index contributed by atoms with van der Waals surface area (Å²) < 4.78 is 0. The number of aryl methyl sites for hydroxylation is 3. The molecule has 0 unspecified atom stereocenters. The number of nitrogens with zero attached hydrogens (tertiary/aromatic N) is 1. The van der Waals surface area contributed by atoms with E-state index >= 15 is 0 Å². The van der Waals surface area contributed by atoms with Crippen LogP contribution in [0.2, 0.25) is 0 Å². The lowest BCUT2D eigenvalue weighted by atomic mass is 9.83. The van der Waals surface area contributed by atoms with Crippen molar-refractivity contribution in [2.45, 2.75) is 58.8 Å². The number of benzene rings is 2. The molecule has 0 aliphatic heterocycles. The van der Waals surface area contributed by atoms with Crippen molar-refractivity contribution in [3.8, 4) is 22.4 Å². The second kappa shape index (κ2) is 7.68. The normalized spacial score (nSPS) is 15.1. The molecule has 1 nitrogen and oxygen atoms in total. The highest BCUT2D eigenvalue weighted by atomic mass is 14.7. The summed E-state index contributed by atoms with van der Waals surface area (Å²) in [5.41, 5.74) is 10.4. The average molecular weight is 356 g/mol. The number of rotatable bonds is 3. The van der Waals surface area contributed by atoms with Gasteiger partial charge in [-0.15, -0.1) is 0 Å². The van der Waals surface area contributed by atoms with Crippen molar-refractivity contribution in [1.82, 2.24) is 4.98 Å². The molecule has 0 N–H and O–H groups in total. The minimum absolute atomic E-state index is 0.710. The maximum absolute atomic E-state index is 4.75. The molecule has 0 atom stereocenters. The fourth-order valence-electron chi connectivity index (χ4n) is 4.58. The summed E-state index contributed by atoms with van der Waals surface area (Å²) in [7, 11) is 0. The van der Waals surface area contributed by atoms with Crippen LogP contribution in [0.15, 0.2) is 54.7 Å². The molecule has 2 aromatic carbocycles. The van der Waals surface area contributed by atoms with Crippen LogP contribution >= 0.6 is 0 Å². The number of aromatic nitrogens is 1. The third kappa shape index (κ3) is 3.69. The van der Waals surface area contributed by atoms with Crippen molar-refractivity contribution in [2.75, 3.05) is 0 Å². The Labute approximate surface area is 163 Å². The van der Waals surface area contributed by atoms with E-state index in [0.717, 1.165) is 5.69 Å². The number of hydrogen-bond acceptors (Lipinski definition) is 1. The van der Waals surface area contributed by atoms with Crippen molar-refractivity contribution in [2.24, 2.45) is 0 Å². The molecule has 138 valence electrons. The predicted octanol–water partition coefficient (Wildman–Crippen LogP) is 7.39. The van der Waals surface area contributed by atoms with Crippen molar-refractivity contribution in [1.29, 1.82) is 0 Å². The molecule has 4 rings (SSSR count). The Balaban J connectivity index is 1.78. The van der Waals surface area contributed by atoms with Gasteiger partial charge in [0.1, 0.15) is 0 Å². The first-order valence-corrected chi connectivity index (χ1v) is 10.3. The summed E-state index contributed by atoms with van der Waals surface area (Å²) in [5, 5.41) is 0. The van der Waals surface area contributed by atoms with Gasteiger partial charge in [0, 0.05) is 11.8 Å². The van der Waals surface area contributed by atoms with E-state index < -0.39 is 0 Å². The maximum Gasteiger partial charge on any atom is 0.0707 e. The molecule has 0 spiro atoms. The van der Waals surface area contributed by atoms with Crippen LogP contribution in [-0.2, 0) is 0 Å². The van der Waals surface area contributed by atoms with Gasteiger partial charge in [-0.05, 0) is 91.1 Å². The van der Waals surface area contributed by atoms with Crippen LogP contribution in [0.4, 0.5) is 0 Å². The number of hydrogen-bond donors (Lipinski definition) is 0. The molecule has 0 bridgehead atoms. The second-order valence-electron chi connectivity index (χ2n) is 8.11. The molecule has 1 fully saturated rings. The van der Waals surface area contributed by atoms with Gasteiger partial charge < -0.3 is 0 Å². The van der Waals surface area contributed by atoms with Gasteiger partial charge in [-0.3, -0.25) is 4.98 Å². The van der Waals surface area contributed by atoms with Gasteiger partial charge in [-0.25, -0.2) is 0 Å². The Morgan fingerprint density at radius 3 is 2.22 bits per heavy atom.